The van der Waals surface area contributed by atoms with Crippen LogP contribution in [0.25, 0.3) is 0 Å². The lowest BCUT2D eigenvalue weighted by atomic mass is 10.1. The maximum Gasteiger partial charge on any atom is 0.165 e. The Balaban J connectivity index is 1.91. The first-order chi connectivity index (χ1) is 8.29. The van der Waals surface area contributed by atoms with E-state index in [-0.39, 0.29) is 11.9 Å². The van der Waals surface area contributed by atoms with Gasteiger partial charge in [-0.2, -0.15) is 0 Å². The van der Waals surface area contributed by atoms with Gasteiger partial charge in [-0.25, -0.2) is 4.39 Å². The number of rotatable bonds is 5. The summed E-state index contributed by atoms with van der Waals surface area (Å²) >= 11 is 0. The first kappa shape index (κ1) is 12.3. The highest BCUT2D eigenvalue weighted by atomic mass is 19.1. The van der Waals surface area contributed by atoms with Gasteiger partial charge in [-0.3, -0.25) is 0 Å². The summed E-state index contributed by atoms with van der Waals surface area (Å²) in [5.41, 5.74) is 6.32. The Kier molecular flexibility index (Phi) is 4.34. The Bertz CT molecular complexity index is 364. The molecule has 3 nitrogen and oxygen atoms in total. The topological polar surface area (TPSA) is 44.5 Å². The Morgan fingerprint density at radius 3 is 3.00 bits per heavy atom. The average Bonchev–Trinajstić information content (AvgIpc) is 2.81. The van der Waals surface area contributed by atoms with Gasteiger partial charge in [0.25, 0.3) is 0 Å². The number of benzene rings is 1. The zero-order chi connectivity index (χ0) is 12.1. The zero-order valence-electron chi connectivity index (χ0n) is 9.82. The molecule has 0 radical (unpaired) electrons. The van der Waals surface area contributed by atoms with Gasteiger partial charge >= 0.3 is 0 Å². The molecule has 0 aromatic heterocycles. The van der Waals surface area contributed by atoms with Crippen molar-refractivity contribution in [3.63, 3.8) is 0 Å². The molecule has 1 unspecified atom stereocenters. The highest BCUT2D eigenvalue weighted by Gasteiger charge is 2.16. The van der Waals surface area contributed by atoms with Gasteiger partial charge in [-0.1, -0.05) is 6.07 Å². The molecule has 0 saturated carbocycles. The molecular weight excluding hydrogens is 221 g/mol. The van der Waals surface area contributed by atoms with Gasteiger partial charge in [-0.15, -0.1) is 0 Å². The van der Waals surface area contributed by atoms with E-state index in [1.165, 1.54) is 6.07 Å². The monoisotopic (exact) mass is 239 g/mol. The van der Waals surface area contributed by atoms with E-state index in [9.17, 15) is 4.39 Å². The van der Waals surface area contributed by atoms with Crippen LogP contribution in [0.3, 0.4) is 0 Å². The average molecular weight is 239 g/mol. The van der Waals surface area contributed by atoms with E-state index in [0.29, 0.717) is 25.3 Å². The largest absolute Gasteiger partial charge is 0.488 e. The first-order valence-electron chi connectivity index (χ1n) is 6.02. The Morgan fingerprint density at radius 1 is 1.47 bits per heavy atom. The number of hydrogen-bond acceptors (Lipinski definition) is 3. The molecule has 1 aromatic rings. The minimum atomic E-state index is -0.325. The van der Waals surface area contributed by atoms with Crippen LogP contribution >= 0.6 is 0 Å². The van der Waals surface area contributed by atoms with Crippen molar-refractivity contribution < 1.29 is 13.9 Å². The molecule has 94 valence electrons. The van der Waals surface area contributed by atoms with Gasteiger partial charge in [0.15, 0.2) is 11.6 Å². The summed E-state index contributed by atoms with van der Waals surface area (Å²) in [6.07, 6.45) is 2.85. The lowest BCUT2D eigenvalue weighted by molar-refractivity contribution is 0.0665. The van der Waals surface area contributed by atoms with Crippen molar-refractivity contribution in [1.29, 1.82) is 0 Å². The molecule has 0 bridgehead atoms. The van der Waals surface area contributed by atoms with Crippen molar-refractivity contribution in [3.05, 3.63) is 29.6 Å². The third kappa shape index (κ3) is 3.41. The molecule has 0 amide bonds. The Hall–Kier alpha value is -1.13. The summed E-state index contributed by atoms with van der Waals surface area (Å²) in [5.74, 6) is -0.0322. The van der Waals surface area contributed by atoms with Crippen LogP contribution in [0.5, 0.6) is 5.75 Å². The molecule has 1 aliphatic heterocycles. The summed E-state index contributed by atoms with van der Waals surface area (Å²) in [6, 6.07) is 4.99. The molecule has 4 heteroatoms. The van der Waals surface area contributed by atoms with Gasteiger partial charge in [0.05, 0.1) is 6.10 Å². The van der Waals surface area contributed by atoms with Crippen molar-refractivity contribution in [2.24, 2.45) is 5.73 Å². The number of nitrogens with two attached hydrogens (primary N) is 1. The summed E-state index contributed by atoms with van der Waals surface area (Å²) in [4.78, 5) is 0. The van der Waals surface area contributed by atoms with Crippen molar-refractivity contribution >= 4 is 0 Å². The van der Waals surface area contributed by atoms with E-state index in [4.69, 9.17) is 15.2 Å². The molecule has 1 saturated heterocycles. The standard InChI is InChI=1S/C13H18FNO2/c14-12-8-10(5-6-15)3-4-13(12)17-9-11-2-1-7-16-11/h3-4,8,11H,1-2,5-7,9,15H2. The third-order valence-corrected chi connectivity index (χ3v) is 2.88. The summed E-state index contributed by atoms with van der Waals surface area (Å²) in [7, 11) is 0. The molecule has 1 aromatic carbocycles. The van der Waals surface area contributed by atoms with Crippen LogP contribution in [0.4, 0.5) is 4.39 Å². The summed E-state index contributed by atoms with van der Waals surface area (Å²) in [6.45, 7) is 1.73. The quantitative estimate of drug-likeness (QED) is 0.853. The number of halogens is 1. The first-order valence-corrected chi connectivity index (χ1v) is 6.02. The van der Waals surface area contributed by atoms with E-state index in [0.717, 1.165) is 25.0 Å². The number of ether oxygens (including phenoxy) is 2. The Morgan fingerprint density at radius 2 is 2.35 bits per heavy atom. The van der Waals surface area contributed by atoms with Crippen LogP contribution in [-0.4, -0.2) is 25.9 Å². The van der Waals surface area contributed by atoms with Crippen LogP contribution in [0.1, 0.15) is 18.4 Å². The van der Waals surface area contributed by atoms with Gasteiger partial charge in [0, 0.05) is 6.61 Å². The molecular formula is C13H18FNO2. The number of hydrogen-bond donors (Lipinski definition) is 1. The maximum absolute atomic E-state index is 13.6. The molecule has 1 fully saturated rings. The minimum Gasteiger partial charge on any atom is -0.488 e. The fourth-order valence-electron chi connectivity index (χ4n) is 1.94. The van der Waals surface area contributed by atoms with E-state index >= 15 is 0 Å². The van der Waals surface area contributed by atoms with E-state index < -0.39 is 0 Å². The second kappa shape index (κ2) is 5.98. The summed E-state index contributed by atoms with van der Waals surface area (Å²) in [5, 5.41) is 0. The van der Waals surface area contributed by atoms with Crippen LogP contribution in [0.2, 0.25) is 0 Å². The van der Waals surface area contributed by atoms with Crippen molar-refractivity contribution in [1.82, 2.24) is 0 Å². The normalized spacial score (nSPS) is 19.5. The highest BCUT2D eigenvalue weighted by Crippen LogP contribution is 2.20. The van der Waals surface area contributed by atoms with Gasteiger partial charge < -0.3 is 15.2 Å². The molecule has 1 heterocycles. The molecule has 17 heavy (non-hydrogen) atoms. The Labute approximate surface area is 101 Å². The minimum absolute atomic E-state index is 0.109. The van der Waals surface area contributed by atoms with E-state index in [2.05, 4.69) is 0 Å². The van der Waals surface area contributed by atoms with Gasteiger partial charge in [0.1, 0.15) is 6.61 Å². The van der Waals surface area contributed by atoms with E-state index in [1.807, 2.05) is 6.07 Å². The SMILES string of the molecule is NCCc1ccc(OCC2CCCO2)c(F)c1. The second-order valence-electron chi connectivity index (χ2n) is 4.25. The molecule has 1 atom stereocenters. The highest BCUT2D eigenvalue weighted by molar-refractivity contribution is 5.29. The molecule has 0 spiro atoms. The lowest BCUT2D eigenvalue weighted by Gasteiger charge is -2.12. The zero-order valence-corrected chi connectivity index (χ0v) is 9.82. The smallest absolute Gasteiger partial charge is 0.165 e. The molecule has 1 aliphatic rings. The van der Waals surface area contributed by atoms with Crippen LogP contribution in [0, 0.1) is 5.82 Å². The van der Waals surface area contributed by atoms with E-state index in [1.54, 1.807) is 6.07 Å². The predicted molar refractivity (Wildman–Crippen MR) is 63.6 cm³/mol. The predicted octanol–water partition coefficient (Wildman–Crippen LogP) is 1.88. The van der Waals surface area contributed by atoms with Crippen molar-refractivity contribution in [3.8, 4) is 5.75 Å². The molecule has 0 aliphatic carbocycles. The molecule has 2 N–H and O–H groups in total. The lowest BCUT2D eigenvalue weighted by Crippen LogP contribution is -2.16. The third-order valence-electron chi connectivity index (χ3n) is 2.88. The van der Waals surface area contributed by atoms with Crippen LogP contribution < -0.4 is 10.5 Å². The fraction of sp³-hybridized carbons (Fsp3) is 0.538. The second-order valence-corrected chi connectivity index (χ2v) is 4.25. The van der Waals surface area contributed by atoms with Gasteiger partial charge in [0.2, 0.25) is 0 Å². The fourth-order valence-corrected chi connectivity index (χ4v) is 1.94. The van der Waals surface area contributed by atoms with Gasteiger partial charge in [-0.05, 0) is 43.5 Å². The van der Waals surface area contributed by atoms with Crippen molar-refractivity contribution in [2.75, 3.05) is 19.8 Å². The maximum atomic E-state index is 13.6. The van der Waals surface area contributed by atoms with Crippen molar-refractivity contribution in [2.45, 2.75) is 25.4 Å². The summed E-state index contributed by atoms with van der Waals surface area (Å²) < 4.78 is 24.5. The molecule has 2 rings (SSSR count). The van der Waals surface area contributed by atoms with Crippen LogP contribution in [0.15, 0.2) is 18.2 Å². The van der Waals surface area contributed by atoms with Crippen LogP contribution in [-0.2, 0) is 11.2 Å².